The summed E-state index contributed by atoms with van der Waals surface area (Å²) in [5, 5.41) is 12.8. The molecule has 0 bridgehead atoms. The number of aliphatic imine (C=N–C) groups is 1. The highest BCUT2D eigenvalue weighted by Gasteiger charge is 2.25. The van der Waals surface area contributed by atoms with Gasteiger partial charge in [-0.2, -0.15) is 5.26 Å². The van der Waals surface area contributed by atoms with Crippen LogP contribution in [0.5, 0.6) is 0 Å². The molecule has 1 fully saturated rings. The van der Waals surface area contributed by atoms with Crippen molar-refractivity contribution in [3.8, 4) is 6.07 Å². The van der Waals surface area contributed by atoms with E-state index in [-0.39, 0.29) is 5.91 Å². The van der Waals surface area contributed by atoms with Crippen LogP contribution in [0.2, 0.25) is 10.0 Å². The molecule has 7 heteroatoms. The van der Waals surface area contributed by atoms with Gasteiger partial charge in [0.25, 0.3) is 5.91 Å². The van der Waals surface area contributed by atoms with E-state index in [0.717, 1.165) is 0 Å². The molecule has 0 atom stereocenters. The van der Waals surface area contributed by atoms with E-state index in [1.807, 2.05) is 6.07 Å². The second-order valence-corrected chi connectivity index (χ2v) is 5.92. The van der Waals surface area contributed by atoms with E-state index in [1.165, 1.54) is 0 Å². The Morgan fingerprint density at radius 1 is 1.17 bits per heavy atom. The van der Waals surface area contributed by atoms with Gasteiger partial charge in [-0.15, -0.1) is 0 Å². The maximum absolute atomic E-state index is 12.6. The number of nitrogens with zero attached hydrogens (tertiary/aromatic N) is 3. The fourth-order valence-electron chi connectivity index (χ4n) is 2.30. The molecule has 1 saturated heterocycles. The number of nitriles is 1. The summed E-state index contributed by atoms with van der Waals surface area (Å²) in [6.07, 6.45) is 0. The van der Waals surface area contributed by atoms with Gasteiger partial charge in [0.05, 0.1) is 27.4 Å². The highest BCUT2D eigenvalue weighted by Crippen LogP contribution is 2.27. The van der Waals surface area contributed by atoms with Crippen LogP contribution in [-0.2, 0) is 0 Å². The smallest absolute Gasteiger partial charge is 0.260 e. The van der Waals surface area contributed by atoms with Gasteiger partial charge in [-0.1, -0.05) is 23.2 Å². The third-order valence-electron chi connectivity index (χ3n) is 3.52. The van der Waals surface area contributed by atoms with Crippen molar-refractivity contribution in [3.05, 3.63) is 63.6 Å². The summed E-state index contributed by atoms with van der Waals surface area (Å²) in [5.41, 5.74) is 1.61. The molecule has 5 nitrogen and oxygen atoms in total. The van der Waals surface area contributed by atoms with Crippen molar-refractivity contribution in [2.75, 3.05) is 13.1 Å². The molecule has 1 aliphatic heterocycles. The highest BCUT2D eigenvalue weighted by atomic mass is 35.5. The molecule has 0 aromatic heterocycles. The van der Waals surface area contributed by atoms with E-state index in [2.05, 4.69) is 10.3 Å². The van der Waals surface area contributed by atoms with Gasteiger partial charge in [-0.25, -0.2) is 4.99 Å². The van der Waals surface area contributed by atoms with Crippen LogP contribution in [-0.4, -0.2) is 29.9 Å². The molecule has 0 radical (unpaired) electrons. The van der Waals surface area contributed by atoms with E-state index in [1.54, 1.807) is 47.4 Å². The van der Waals surface area contributed by atoms with Crippen LogP contribution in [0.1, 0.15) is 15.9 Å². The minimum Gasteiger partial charge on any atom is -0.354 e. The van der Waals surface area contributed by atoms with Crippen LogP contribution in [0.25, 0.3) is 0 Å². The molecule has 24 heavy (non-hydrogen) atoms. The number of nitrogens with one attached hydrogen (secondary N) is 1. The van der Waals surface area contributed by atoms with Gasteiger partial charge >= 0.3 is 0 Å². The molecule has 2 aromatic carbocycles. The lowest BCUT2D eigenvalue weighted by molar-refractivity contribution is 0.0859. The molecule has 0 aliphatic carbocycles. The maximum Gasteiger partial charge on any atom is 0.260 e. The number of rotatable bonds is 2. The molecule has 120 valence electrons. The Morgan fingerprint density at radius 3 is 2.58 bits per heavy atom. The zero-order valence-corrected chi connectivity index (χ0v) is 14.0. The van der Waals surface area contributed by atoms with Crippen LogP contribution >= 0.6 is 23.2 Å². The predicted molar refractivity (Wildman–Crippen MR) is 93.8 cm³/mol. The van der Waals surface area contributed by atoms with Crippen LogP contribution in [0.4, 0.5) is 5.69 Å². The van der Waals surface area contributed by atoms with Gasteiger partial charge in [-0.3, -0.25) is 9.69 Å². The molecular weight excluding hydrogens is 347 g/mol. The molecule has 3 rings (SSSR count). The van der Waals surface area contributed by atoms with Crippen molar-refractivity contribution in [1.82, 2.24) is 10.2 Å². The fraction of sp³-hybridized carbons (Fsp3) is 0.118. The third-order valence-corrected chi connectivity index (χ3v) is 4.26. The Labute approximate surface area is 149 Å². The molecule has 0 spiro atoms. The standard InChI is InChI=1S/C17H12Cl2N4O/c18-14-6-5-13(9-15(14)19)22-17-21-7-8-23(17)16(24)12-3-1-11(10-20)2-4-12/h1-6,9H,7-8H2,(H,21,22). The van der Waals surface area contributed by atoms with Crippen LogP contribution < -0.4 is 5.32 Å². The van der Waals surface area contributed by atoms with Crippen molar-refractivity contribution in [2.45, 2.75) is 0 Å². The largest absolute Gasteiger partial charge is 0.354 e. The first-order valence-electron chi connectivity index (χ1n) is 7.18. The number of amides is 1. The van der Waals surface area contributed by atoms with Gasteiger partial charge in [0.1, 0.15) is 0 Å². The van der Waals surface area contributed by atoms with Crippen molar-refractivity contribution >= 4 is 40.8 Å². The Morgan fingerprint density at radius 2 is 1.92 bits per heavy atom. The lowest BCUT2D eigenvalue weighted by Crippen LogP contribution is -2.35. The van der Waals surface area contributed by atoms with Gasteiger partial charge in [0, 0.05) is 18.7 Å². The Hall–Kier alpha value is -2.55. The molecule has 0 unspecified atom stereocenters. The molecule has 0 saturated carbocycles. The first-order chi connectivity index (χ1) is 11.6. The maximum atomic E-state index is 12.6. The van der Waals surface area contributed by atoms with Crippen LogP contribution in [0.15, 0.2) is 47.5 Å². The summed E-state index contributed by atoms with van der Waals surface area (Å²) < 4.78 is 0. The molecule has 1 amide bonds. The predicted octanol–water partition coefficient (Wildman–Crippen LogP) is 3.60. The number of carbonyl (C=O) groups excluding carboxylic acids is 1. The minimum absolute atomic E-state index is 0.177. The van der Waals surface area contributed by atoms with Crippen LogP contribution in [0.3, 0.4) is 0 Å². The number of hydrogen-bond donors (Lipinski definition) is 1. The SMILES string of the molecule is N#Cc1ccc(C(=O)N2CCNC2=Nc2ccc(Cl)c(Cl)c2)cc1. The highest BCUT2D eigenvalue weighted by molar-refractivity contribution is 6.42. The summed E-state index contributed by atoms with van der Waals surface area (Å²) in [4.78, 5) is 18.6. The first-order valence-corrected chi connectivity index (χ1v) is 7.94. The number of carbonyl (C=O) groups is 1. The summed E-state index contributed by atoms with van der Waals surface area (Å²) >= 11 is 11.9. The number of halogens is 2. The monoisotopic (exact) mass is 358 g/mol. The summed E-state index contributed by atoms with van der Waals surface area (Å²) in [7, 11) is 0. The Bertz CT molecular complexity index is 856. The van der Waals surface area contributed by atoms with Crippen molar-refractivity contribution in [1.29, 1.82) is 5.26 Å². The third kappa shape index (κ3) is 3.35. The summed E-state index contributed by atoms with van der Waals surface area (Å²) in [5.74, 6) is 0.283. The zero-order chi connectivity index (χ0) is 17.1. The molecular formula is C17H12Cl2N4O. The lowest BCUT2D eigenvalue weighted by atomic mass is 10.1. The van der Waals surface area contributed by atoms with Gasteiger partial charge in [-0.05, 0) is 42.5 Å². The summed E-state index contributed by atoms with van der Waals surface area (Å²) in [6.45, 7) is 1.13. The quantitative estimate of drug-likeness (QED) is 0.891. The van der Waals surface area contributed by atoms with Gasteiger partial charge < -0.3 is 5.32 Å². The van der Waals surface area contributed by atoms with E-state index < -0.39 is 0 Å². The second kappa shape index (κ2) is 6.91. The Balaban J connectivity index is 1.86. The molecule has 1 heterocycles. The van der Waals surface area contributed by atoms with Crippen molar-refractivity contribution in [3.63, 3.8) is 0 Å². The molecule has 1 aliphatic rings. The average Bonchev–Trinajstić information content (AvgIpc) is 3.05. The topological polar surface area (TPSA) is 68.5 Å². The normalized spacial score (nSPS) is 15.2. The van der Waals surface area contributed by atoms with E-state index in [4.69, 9.17) is 28.5 Å². The average molecular weight is 359 g/mol. The zero-order valence-electron chi connectivity index (χ0n) is 12.5. The fourth-order valence-corrected chi connectivity index (χ4v) is 2.59. The number of hydrogen-bond acceptors (Lipinski definition) is 3. The van der Waals surface area contributed by atoms with Gasteiger partial charge in [0.15, 0.2) is 0 Å². The van der Waals surface area contributed by atoms with Gasteiger partial charge in [0.2, 0.25) is 5.96 Å². The van der Waals surface area contributed by atoms with Crippen LogP contribution in [0, 0.1) is 11.3 Å². The van der Waals surface area contributed by atoms with Crippen molar-refractivity contribution in [2.24, 2.45) is 4.99 Å². The van der Waals surface area contributed by atoms with E-state index in [0.29, 0.717) is 45.9 Å². The Kier molecular flexibility index (Phi) is 4.70. The first kappa shape index (κ1) is 16.3. The van der Waals surface area contributed by atoms with E-state index in [9.17, 15) is 4.79 Å². The summed E-state index contributed by atoms with van der Waals surface area (Å²) in [6, 6.07) is 13.6. The second-order valence-electron chi connectivity index (χ2n) is 5.11. The van der Waals surface area contributed by atoms with Crippen molar-refractivity contribution < 1.29 is 4.79 Å². The molecule has 2 aromatic rings. The van der Waals surface area contributed by atoms with E-state index >= 15 is 0 Å². The molecule has 1 N–H and O–H groups in total. The lowest BCUT2D eigenvalue weighted by Gasteiger charge is -2.15. The number of benzene rings is 2. The minimum atomic E-state index is -0.177. The number of guanidine groups is 1.